The predicted molar refractivity (Wildman–Crippen MR) is 110 cm³/mol. The summed E-state index contributed by atoms with van der Waals surface area (Å²) in [5, 5.41) is 10.7. The van der Waals surface area contributed by atoms with Gasteiger partial charge in [0.2, 0.25) is 0 Å². The molecule has 27 heavy (non-hydrogen) atoms. The topological polar surface area (TPSA) is 62.1 Å². The molecule has 2 aromatic rings. The second-order valence-electron chi connectivity index (χ2n) is 7.99. The lowest BCUT2D eigenvalue weighted by Crippen LogP contribution is -2.28. The number of rotatable bonds is 3. The van der Waals surface area contributed by atoms with Gasteiger partial charge in [-0.25, -0.2) is 9.79 Å². The van der Waals surface area contributed by atoms with Crippen LogP contribution in [0.2, 0.25) is 0 Å². The summed E-state index contributed by atoms with van der Waals surface area (Å²) < 4.78 is 5.64. The molecule has 0 radical (unpaired) electrons. The average molecular weight is 387 g/mol. The number of thiophene rings is 1. The van der Waals surface area contributed by atoms with Crippen molar-refractivity contribution >= 4 is 28.5 Å². The fourth-order valence-electron chi connectivity index (χ4n) is 3.05. The largest absolute Gasteiger partial charge is 0.507 e. The Labute approximate surface area is 164 Å². The van der Waals surface area contributed by atoms with Crippen LogP contribution in [0.3, 0.4) is 0 Å². The molecule has 0 unspecified atom stereocenters. The van der Waals surface area contributed by atoms with Gasteiger partial charge in [0, 0.05) is 29.7 Å². The highest BCUT2D eigenvalue weighted by Gasteiger charge is 2.29. The number of aliphatic imine (C=N–C) groups is 1. The van der Waals surface area contributed by atoms with Crippen molar-refractivity contribution in [1.82, 2.24) is 4.90 Å². The fraction of sp³-hybridized carbons (Fsp3) is 0.429. The predicted octanol–water partition coefficient (Wildman–Crippen LogP) is 4.46. The monoisotopic (exact) mass is 386 g/mol. The minimum absolute atomic E-state index is 0.171. The minimum Gasteiger partial charge on any atom is -0.507 e. The smallest absolute Gasteiger partial charge is 0.342 e. The first-order valence-corrected chi connectivity index (χ1v) is 9.86. The first-order chi connectivity index (χ1) is 12.6. The minimum atomic E-state index is -0.562. The number of nitrogens with zero attached hydrogens (tertiary/aromatic N) is 2. The van der Waals surface area contributed by atoms with Gasteiger partial charge in [-0.15, -0.1) is 11.3 Å². The maximum Gasteiger partial charge on any atom is 0.342 e. The summed E-state index contributed by atoms with van der Waals surface area (Å²) in [6.45, 7) is 9.27. The highest BCUT2D eigenvalue weighted by molar-refractivity contribution is 7.16. The number of aryl methyl sites for hydroxylation is 1. The van der Waals surface area contributed by atoms with Gasteiger partial charge >= 0.3 is 5.97 Å². The third kappa shape index (κ3) is 4.57. The zero-order chi connectivity index (χ0) is 19.8. The Balaban J connectivity index is 2.02. The molecule has 1 aromatic carbocycles. The summed E-state index contributed by atoms with van der Waals surface area (Å²) in [6.07, 6.45) is 2.43. The van der Waals surface area contributed by atoms with Gasteiger partial charge in [-0.05, 0) is 58.9 Å². The molecule has 5 nitrogen and oxygen atoms in total. The molecule has 1 aromatic heterocycles. The molecular weight excluding hydrogens is 360 g/mol. The van der Waals surface area contributed by atoms with Crippen molar-refractivity contribution < 1.29 is 14.6 Å². The quantitative estimate of drug-likeness (QED) is 0.625. The number of hydrogen-bond donors (Lipinski definition) is 1. The van der Waals surface area contributed by atoms with Crippen LogP contribution in [-0.4, -0.2) is 41.4 Å². The van der Waals surface area contributed by atoms with Crippen LogP contribution < -0.4 is 0 Å². The van der Waals surface area contributed by atoms with Crippen LogP contribution in [0.5, 0.6) is 5.75 Å². The molecule has 0 spiro atoms. The normalized spacial score (nSPS) is 15.1. The van der Waals surface area contributed by atoms with Crippen LogP contribution in [-0.2, 0) is 17.7 Å². The standard InChI is InChI=1S/C21H26N2O3S/c1-13-6-7-16(24)14(10-13)11-22-19-18(20(25)26-21(2,3)4)15-8-9-23(5)12-17(15)27-19/h6-7,10-11,24H,8-9,12H2,1-5H3/b22-11+. The highest BCUT2D eigenvalue weighted by atomic mass is 32.1. The lowest BCUT2D eigenvalue weighted by atomic mass is 10.0. The van der Waals surface area contributed by atoms with Gasteiger partial charge in [-0.2, -0.15) is 0 Å². The van der Waals surface area contributed by atoms with Gasteiger partial charge in [0.1, 0.15) is 16.4 Å². The van der Waals surface area contributed by atoms with Crippen LogP contribution in [0, 0.1) is 6.92 Å². The first-order valence-electron chi connectivity index (χ1n) is 9.04. The Hall–Kier alpha value is -2.18. The van der Waals surface area contributed by atoms with Crippen molar-refractivity contribution in [3.63, 3.8) is 0 Å². The Morgan fingerprint density at radius 2 is 2.11 bits per heavy atom. The summed E-state index contributed by atoms with van der Waals surface area (Å²) >= 11 is 1.53. The van der Waals surface area contributed by atoms with Crippen molar-refractivity contribution in [3.05, 3.63) is 45.3 Å². The van der Waals surface area contributed by atoms with Crippen LogP contribution in [0.1, 0.15) is 52.7 Å². The molecule has 0 saturated heterocycles. The lowest BCUT2D eigenvalue weighted by Gasteiger charge is -2.23. The number of fused-ring (bicyclic) bond motifs is 1. The van der Waals surface area contributed by atoms with Crippen LogP contribution >= 0.6 is 11.3 Å². The van der Waals surface area contributed by atoms with Crippen LogP contribution in [0.15, 0.2) is 23.2 Å². The number of phenolic OH excluding ortho intramolecular Hbond substituents is 1. The zero-order valence-electron chi connectivity index (χ0n) is 16.5. The van der Waals surface area contributed by atoms with Gasteiger partial charge in [-0.3, -0.25) is 0 Å². The Kier molecular flexibility index (Phi) is 5.40. The maximum absolute atomic E-state index is 12.9. The average Bonchev–Trinajstić information content (AvgIpc) is 2.91. The van der Waals surface area contributed by atoms with Gasteiger partial charge in [0.15, 0.2) is 0 Å². The Bertz CT molecular complexity index is 894. The number of hydrogen-bond acceptors (Lipinski definition) is 6. The molecule has 0 amide bonds. The van der Waals surface area contributed by atoms with Crippen LogP contribution in [0.4, 0.5) is 5.00 Å². The Morgan fingerprint density at radius 1 is 1.37 bits per heavy atom. The highest BCUT2D eigenvalue weighted by Crippen LogP contribution is 2.39. The van der Waals surface area contributed by atoms with Crippen molar-refractivity contribution in [1.29, 1.82) is 0 Å². The van der Waals surface area contributed by atoms with Gasteiger partial charge in [-0.1, -0.05) is 11.6 Å². The lowest BCUT2D eigenvalue weighted by molar-refractivity contribution is 0.00694. The summed E-state index contributed by atoms with van der Waals surface area (Å²) in [7, 11) is 2.07. The van der Waals surface area contributed by atoms with E-state index in [0.29, 0.717) is 16.1 Å². The molecule has 3 rings (SSSR count). The molecule has 1 aliphatic heterocycles. The maximum atomic E-state index is 12.9. The van der Waals surface area contributed by atoms with E-state index in [4.69, 9.17) is 4.74 Å². The number of aromatic hydroxyl groups is 1. The molecular formula is C21H26N2O3S. The molecule has 0 bridgehead atoms. The molecule has 2 heterocycles. The van der Waals surface area contributed by atoms with Crippen molar-refractivity contribution in [3.8, 4) is 5.75 Å². The van der Waals surface area contributed by atoms with E-state index in [-0.39, 0.29) is 11.7 Å². The van der Waals surface area contributed by atoms with E-state index in [1.807, 2.05) is 39.8 Å². The van der Waals surface area contributed by atoms with Gasteiger partial charge in [0.05, 0.1) is 5.56 Å². The SMILES string of the molecule is Cc1ccc(O)c(/C=N/c2sc3c(c2C(=O)OC(C)(C)C)CCN(C)C3)c1. The van der Waals surface area contributed by atoms with E-state index in [1.165, 1.54) is 11.3 Å². The summed E-state index contributed by atoms with van der Waals surface area (Å²) in [6, 6.07) is 5.37. The molecule has 0 aliphatic carbocycles. The van der Waals surface area contributed by atoms with E-state index in [9.17, 15) is 9.90 Å². The Morgan fingerprint density at radius 3 is 2.81 bits per heavy atom. The summed E-state index contributed by atoms with van der Waals surface area (Å²) in [5.41, 5.74) is 2.73. The third-order valence-electron chi connectivity index (χ3n) is 4.34. The number of phenols is 1. The van der Waals surface area contributed by atoms with Crippen molar-refractivity contribution in [2.75, 3.05) is 13.6 Å². The number of likely N-dealkylation sites (N-methyl/N-ethyl adjacent to an activating group) is 1. The number of ether oxygens (including phenoxy) is 1. The fourth-order valence-corrected chi connectivity index (χ4v) is 4.31. The number of carbonyl (C=O) groups excluding carboxylic acids is 1. The molecule has 1 aliphatic rings. The molecule has 0 saturated carbocycles. The zero-order valence-corrected chi connectivity index (χ0v) is 17.3. The summed E-state index contributed by atoms with van der Waals surface area (Å²) in [4.78, 5) is 20.8. The van der Waals surface area contributed by atoms with Crippen molar-refractivity contribution in [2.45, 2.75) is 46.3 Å². The number of benzene rings is 1. The second kappa shape index (κ2) is 7.44. The molecule has 1 N–H and O–H groups in total. The van der Waals surface area contributed by atoms with Gasteiger partial charge in [0.25, 0.3) is 0 Å². The number of esters is 1. The van der Waals surface area contributed by atoms with Crippen LogP contribution in [0.25, 0.3) is 0 Å². The van der Waals surface area contributed by atoms with E-state index in [1.54, 1.807) is 12.3 Å². The first kappa shape index (κ1) is 19.6. The molecule has 0 atom stereocenters. The summed E-state index contributed by atoms with van der Waals surface area (Å²) in [5.74, 6) is -0.158. The van der Waals surface area contributed by atoms with Crippen molar-refractivity contribution in [2.24, 2.45) is 4.99 Å². The van der Waals surface area contributed by atoms with E-state index in [0.717, 1.165) is 35.5 Å². The van der Waals surface area contributed by atoms with E-state index in [2.05, 4.69) is 16.9 Å². The third-order valence-corrected chi connectivity index (χ3v) is 5.46. The number of carbonyl (C=O) groups is 1. The second-order valence-corrected chi connectivity index (χ2v) is 9.08. The van der Waals surface area contributed by atoms with E-state index < -0.39 is 5.60 Å². The van der Waals surface area contributed by atoms with E-state index >= 15 is 0 Å². The van der Waals surface area contributed by atoms with Gasteiger partial charge < -0.3 is 14.7 Å². The molecule has 6 heteroatoms. The molecule has 144 valence electrons. The molecule has 0 fully saturated rings.